The van der Waals surface area contributed by atoms with Crippen LogP contribution in [-0.2, 0) is 27.2 Å². The van der Waals surface area contributed by atoms with Crippen LogP contribution in [0, 0.1) is 29.1 Å². The molecule has 7 atom stereocenters. The van der Waals surface area contributed by atoms with Gasteiger partial charge >= 0.3 is 0 Å². The number of phenolic OH excluding ortho intramolecular Hbond substituents is 1. The van der Waals surface area contributed by atoms with E-state index in [0.717, 1.165) is 72.1 Å². The number of aryl methyl sites for hydroxylation is 1. The Morgan fingerprint density at radius 3 is 2.57 bits per heavy atom. The number of hydrogen-bond acceptors (Lipinski definition) is 12. The molecule has 13 nitrogen and oxygen atoms in total. The van der Waals surface area contributed by atoms with Crippen molar-refractivity contribution in [3.8, 4) is 28.5 Å². The van der Waals surface area contributed by atoms with Crippen LogP contribution in [0.25, 0.3) is 22.2 Å². The number of ether oxygens (including phenoxy) is 5. The van der Waals surface area contributed by atoms with Gasteiger partial charge in [0.2, 0.25) is 0 Å². The van der Waals surface area contributed by atoms with Gasteiger partial charge in [-0.05, 0) is 127 Å². The molecule has 0 bridgehead atoms. The SMILES string of the molecule is COc1cc2ncnc(Nc3cccc(-c4cn(CCOCCOCCOC5=CCC(C6CC7(C)C(O)CCC7C7CCc8cc(O)ccc8C67)C=C5)nn4)c3)c2cc1OC. The van der Waals surface area contributed by atoms with Crippen LogP contribution < -0.4 is 14.8 Å². The van der Waals surface area contributed by atoms with Gasteiger partial charge in [0.25, 0.3) is 0 Å². The van der Waals surface area contributed by atoms with E-state index >= 15 is 0 Å². The molecule has 0 saturated heterocycles. The third-order valence-electron chi connectivity index (χ3n) is 13.8. The number of methoxy groups -OCH3 is 2. The highest BCUT2D eigenvalue weighted by atomic mass is 16.5. The fourth-order valence-corrected chi connectivity index (χ4v) is 10.8. The molecule has 4 aliphatic carbocycles. The summed E-state index contributed by atoms with van der Waals surface area (Å²) in [6, 6.07) is 17.6. The molecule has 0 radical (unpaired) electrons. The summed E-state index contributed by atoms with van der Waals surface area (Å²) in [6.07, 6.45) is 16.0. The Bertz CT molecular complexity index is 2400. The Kier molecular flexibility index (Phi) is 12.0. The van der Waals surface area contributed by atoms with Crippen LogP contribution >= 0.6 is 0 Å². The Morgan fingerprint density at radius 2 is 1.74 bits per heavy atom. The van der Waals surface area contributed by atoms with Gasteiger partial charge in [-0.15, -0.1) is 5.10 Å². The summed E-state index contributed by atoms with van der Waals surface area (Å²) in [4.78, 5) is 8.87. The van der Waals surface area contributed by atoms with E-state index in [1.54, 1.807) is 18.9 Å². The standard InChI is InChI=1S/C48H56N6O7/c1-48-27-39(46-36-14-10-34(55)24-31(36)9-13-37(46)40(48)15-16-45(48)56)30-7-11-35(12-8-30)61-22-21-60-20-19-59-18-17-54-28-42(52-53-54)32-5-4-6-33(23-32)51-47-38-25-43(57-2)44(58-3)26-41(38)49-29-50-47/h4-7,10-12,14,23-26,28-30,37,39-40,45-46,55-56H,8-9,13,15-22,27H2,1-3H3,(H,49,50,51). The minimum atomic E-state index is -0.229. The number of benzene rings is 3. The topological polar surface area (TPSA) is 155 Å². The molecule has 3 N–H and O–H groups in total. The van der Waals surface area contributed by atoms with Crippen molar-refractivity contribution in [3.05, 3.63) is 102 Å². The number of allylic oxidation sites excluding steroid dienone is 3. The zero-order valence-electron chi connectivity index (χ0n) is 35.2. The van der Waals surface area contributed by atoms with Gasteiger partial charge in [-0.25, -0.2) is 14.6 Å². The van der Waals surface area contributed by atoms with Crippen molar-refractivity contribution in [3.63, 3.8) is 0 Å². The fourth-order valence-electron chi connectivity index (χ4n) is 10.8. The molecule has 13 heteroatoms. The number of fused-ring (bicyclic) bond motifs is 6. The van der Waals surface area contributed by atoms with Crippen LogP contribution in [0.4, 0.5) is 11.5 Å². The predicted molar refractivity (Wildman–Crippen MR) is 232 cm³/mol. The lowest BCUT2D eigenvalue weighted by Gasteiger charge is -2.55. The van der Waals surface area contributed by atoms with E-state index < -0.39 is 0 Å². The van der Waals surface area contributed by atoms with Crippen LogP contribution in [-0.4, -0.2) is 88.5 Å². The summed E-state index contributed by atoms with van der Waals surface area (Å²) in [5.41, 5.74) is 5.93. The quantitative estimate of drug-likeness (QED) is 0.0826. The lowest BCUT2D eigenvalue weighted by Crippen LogP contribution is -2.49. The van der Waals surface area contributed by atoms with Crippen molar-refractivity contribution < 1.29 is 33.9 Å². The van der Waals surface area contributed by atoms with E-state index in [1.165, 1.54) is 17.5 Å². The average molecular weight is 829 g/mol. The second-order valence-corrected chi connectivity index (χ2v) is 17.1. The summed E-state index contributed by atoms with van der Waals surface area (Å²) in [6.45, 7) is 5.27. The second kappa shape index (κ2) is 17.8. The molecule has 3 aromatic carbocycles. The van der Waals surface area contributed by atoms with E-state index in [2.05, 4.69) is 56.8 Å². The number of aromatic nitrogens is 5. The number of rotatable bonds is 16. The van der Waals surface area contributed by atoms with Crippen molar-refractivity contribution in [2.24, 2.45) is 29.1 Å². The van der Waals surface area contributed by atoms with E-state index in [-0.39, 0.29) is 11.5 Å². The van der Waals surface area contributed by atoms with Gasteiger partial charge in [0, 0.05) is 22.7 Å². The second-order valence-electron chi connectivity index (χ2n) is 17.1. The van der Waals surface area contributed by atoms with Gasteiger partial charge in [-0.3, -0.25) is 0 Å². The average Bonchev–Trinajstić information content (AvgIpc) is 3.88. The first-order valence-corrected chi connectivity index (χ1v) is 21.6. The summed E-state index contributed by atoms with van der Waals surface area (Å²) in [7, 11) is 3.20. The Balaban J connectivity index is 0.700. The van der Waals surface area contributed by atoms with Crippen LogP contribution in [0.5, 0.6) is 17.2 Å². The first kappa shape index (κ1) is 40.9. The molecule has 61 heavy (non-hydrogen) atoms. The highest BCUT2D eigenvalue weighted by Crippen LogP contribution is 2.64. The van der Waals surface area contributed by atoms with E-state index in [4.69, 9.17) is 23.7 Å². The normalized spacial score (nSPS) is 25.3. The molecular formula is C48H56N6O7. The van der Waals surface area contributed by atoms with Gasteiger partial charge in [0.1, 0.15) is 36.0 Å². The Labute approximate surface area is 356 Å². The summed E-state index contributed by atoms with van der Waals surface area (Å²) in [5.74, 6) is 5.48. The summed E-state index contributed by atoms with van der Waals surface area (Å²) >= 11 is 0. The Morgan fingerprint density at radius 1 is 0.902 bits per heavy atom. The number of aliphatic hydroxyl groups excluding tert-OH is 1. The molecule has 7 unspecified atom stereocenters. The van der Waals surface area contributed by atoms with Crippen molar-refractivity contribution in [1.82, 2.24) is 25.0 Å². The summed E-state index contributed by atoms with van der Waals surface area (Å²) < 4.78 is 30.5. The molecule has 0 amide bonds. The molecule has 320 valence electrons. The van der Waals surface area contributed by atoms with E-state index in [9.17, 15) is 10.2 Å². The van der Waals surface area contributed by atoms with Crippen molar-refractivity contribution >= 4 is 22.4 Å². The molecule has 5 aromatic rings. The van der Waals surface area contributed by atoms with Crippen LogP contribution in [0.3, 0.4) is 0 Å². The number of aliphatic hydroxyl groups is 1. The van der Waals surface area contributed by atoms with E-state index in [1.807, 2.05) is 54.7 Å². The first-order chi connectivity index (χ1) is 29.8. The molecule has 4 aliphatic rings. The van der Waals surface area contributed by atoms with Gasteiger partial charge in [0.15, 0.2) is 11.5 Å². The van der Waals surface area contributed by atoms with Crippen molar-refractivity contribution in [2.75, 3.05) is 52.6 Å². The summed E-state index contributed by atoms with van der Waals surface area (Å²) in [5, 5.41) is 34.4. The number of phenols is 1. The van der Waals surface area contributed by atoms with Crippen LogP contribution in [0.1, 0.15) is 56.1 Å². The minimum absolute atomic E-state index is 0.0365. The molecule has 2 aromatic heterocycles. The largest absolute Gasteiger partial charge is 0.508 e. The fraction of sp³-hybridized carbons (Fsp3) is 0.458. The van der Waals surface area contributed by atoms with E-state index in [0.29, 0.717) is 92.2 Å². The molecule has 2 saturated carbocycles. The van der Waals surface area contributed by atoms with Gasteiger partial charge in [0.05, 0.1) is 65.0 Å². The number of anilines is 2. The third kappa shape index (κ3) is 8.43. The molecular weight excluding hydrogens is 773 g/mol. The molecule has 9 rings (SSSR count). The lowest BCUT2D eigenvalue weighted by molar-refractivity contribution is -0.0568. The molecule has 0 spiro atoms. The van der Waals surface area contributed by atoms with Crippen LogP contribution in [0.2, 0.25) is 0 Å². The zero-order chi connectivity index (χ0) is 41.9. The number of hydrogen-bond donors (Lipinski definition) is 3. The number of aromatic hydroxyl groups is 1. The molecule has 2 fully saturated rings. The maximum absolute atomic E-state index is 11.2. The van der Waals surface area contributed by atoms with Crippen LogP contribution in [0.15, 0.2) is 91.1 Å². The van der Waals surface area contributed by atoms with Crippen molar-refractivity contribution in [2.45, 2.75) is 64.0 Å². The minimum Gasteiger partial charge on any atom is -0.508 e. The van der Waals surface area contributed by atoms with Gasteiger partial charge in [-0.2, -0.15) is 0 Å². The van der Waals surface area contributed by atoms with Gasteiger partial charge in [-0.1, -0.05) is 36.4 Å². The van der Waals surface area contributed by atoms with Gasteiger partial charge < -0.3 is 39.2 Å². The molecule has 2 heterocycles. The number of nitrogens with one attached hydrogen (secondary N) is 1. The Hall–Kier alpha value is -5.50. The smallest absolute Gasteiger partial charge is 0.162 e. The maximum Gasteiger partial charge on any atom is 0.162 e. The third-order valence-corrected chi connectivity index (χ3v) is 13.8. The zero-order valence-corrected chi connectivity index (χ0v) is 35.2. The predicted octanol–water partition coefficient (Wildman–Crippen LogP) is 8.01. The van der Waals surface area contributed by atoms with Crippen molar-refractivity contribution in [1.29, 1.82) is 0 Å². The number of nitrogens with zero attached hydrogens (tertiary/aromatic N) is 5. The first-order valence-electron chi connectivity index (χ1n) is 21.6. The lowest BCUT2D eigenvalue weighted by atomic mass is 9.49. The maximum atomic E-state index is 11.2. The monoisotopic (exact) mass is 828 g/mol. The molecule has 0 aliphatic heterocycles. The highest BCUT2D eigenvalue weighted by molar-refractivity contribution is 5.93. The highest BCUT2D eigenvalue weighted by Gasteiger charge is 2.58.